The van der Waals surface area contributed by atoms with E-state index in [1.54, 1.807) is 6.08 Å². The van der Waals surface area contributed by atoms with Gasteiger partial charge in [0.25, 0.3) is 0 Å². The normalized spacial score (nSPS) is 20.6. The van der Waals surface area contributed by atoms with Crippen LogP contribution in [0.25, 0.3) is 6.08 Å². The van der Waals surface area contributed by atoms with Crippen molar-refractivity contribution in [2.45, 2.75) is 6.29 Å². The van der Waals surface area contributed by atoms with Gasteiger partial charge in [-0.2, -0.15) is 0 Å². The summed E-state index contributed by atoms with van der Waals surface area (Å²) in [5.41, 5.74) is 1.01. The summed E-state index contributed by atoms with van der Waals surface area (Å²) in [5.74, 6) is 0.738. The predicted molar refractivity (Wildman–Crippen MR) is 42.1 cm³/mol. The lowest BCUT2D eigenvalue weighted by Gasteiger charge is -2.16. The first-order valence-corrected chi connectivity index (χ1v) is 3.48. The largest absolute Gasteiger partial charge is 0.461 e. The number of benzene rings is 1. The molecule has 0 spiro atoms. The van der Waals surface area contributed by atoms with Gasteiger partial charge in [-0.3, -0.25) is 0 Å². The molecule has 1 unspecified atom stereocenters. The van der Waals surface area contributed by atoms with Gasteiger partial charge in [-0.15, -0.1) is 0 Å². The highest BCUT2D eigenvalue weighted by Gasteiger charge is 2.09. The zero-order valence-corrected chi connectivity index (χ0v) is 5.90. The molecule has 1 N–H and O–H groups in total. The number of ether oxygens (including phenoxy) is 1. The highest BCUT2D eigenvalue weighted by molar-refractivity contribution is 5.59. The average molecular weight is 148 g/mol. The predicted octanol–water partition coefficient (Wildman–Crippen LogP) is 1.41. The molecular weight excluding hydrogens is 140 g/mol. The Bertz CT molecular complexity index is 291. The van der Waals surface area contributed by atoms with Crippen LogP contribution in [0.4, 0.5) is 0 Å². The summed E-state index contributed by atoms with van der Waals surface area (Å²) < 4.78 is 5.10. The topological polar surface area (TPSA) is 29.5 Å². The summed E-state index contributed by atoms with van der Waals surface area (Å²) >= 11 is 0. The molecule has 56 valence electrons. The zero-order chi connectivity index (χ0) is 7.68. The van der Waals surface area contributed by atoms with Crippen LogP contribution in [0, 0.1) is 0 Å². The van der Waals surface area contributed by atoms with E-state index in [1.807, 2.05) is 30.3 Å². The molecule has 1 aromatic rings. The molecule has 0 fully saturated rings. The summed E-state index contributed by atoms with van der Waals surface area (Å²) in [6, 6.07) is 7.59. The first kappa shape index (κ1) is 6.43. The Morgan fingerprint density at radius 3 is 3.00 bits per heavy atom. The molecular formula is C9H8O2. The molecule has 1 heterocycles. The molecule has 0 radical (unpaired) electrons. The van der Waals surface area contributed by atoms with Crippen molar-refractivity contribution in [3.63, 3.8) is 0 Å². The minimum atomic E-state index is -0.787. The van der Waals surface area contributed by atoms with Gasteiger partial charge in [0.2, 0.25) is 6.29 Å². The smallest absolute Gasteiger partial charge is 0.217 e. The minimum Gasteiger partial charge on any atom is -0.461 e. The van der Waals surface area contributed by atoms with Crippen molar-refractivity contribution < 1.29 is 9.84 Å². The lowest BCUT2D eigenvalue weighted by molar-refractivity contribution is 0.0231. The Morgan fingerprint density at radius 1 is 1.27 bits per heavy atom. The molecule has 0 bridgehead atoms. The maximum Gasteiger partial charge on any atom is 0.217 e. The van der Waals surface area contributed by atoms with Gasteiger partial charge >= 0.3 is 0 Å². The molecule has 2 rings (SSSR count). The third kappa shape index (κ3) is 1.12. The lowest BCUT2D eigenvalue weighted by atomic mass is 10.1. The summed E-state index contributed by atoms with van der Waals surface area (Å²) in [4.78, 5) is 0. The number of para-hydroxylation sites is 1. The van der Waals surface area contributed by atoms with Gasteiger partial charge in [0, 0.05) is 5.56 Å². The first-order valence-electron chi connectivity index (χ1n) is 3.48. The number of hydrogen-bond acceptors (Lipinski definition) is 2. The highest BCUT2D eigenvalue weighted by atomic mass is 16.6. The van der Waals surface area contributed by atoms with Gasteiger partial charge in [0.1, 0.15) is 5.75 Å². The van der Waals surface area contributed by atoms with Gasteiger partial charge in [-0.1, -0.05) is 18.2 Å². The molecule has 1 aliphatic heterocycles. The second-order valence-corrected chi connectivity index (χ2v) is 2.41. The van der Waals surface area contributed by atoms with Crippen LogP contribution in [0.5, 0.6) is 5.75 Å². The van der Waals surface area contributed by atoms with Crippen LogP contribution in [0.3, 0.4) is 0 Å². The average Bonchev–Trinajstić information content (AvgIpc) is 2.04. The van der Waals surface area contributed by atoms with Crippen molar-refractivity contribution >= 4 is 6.08 Å². The molecule has 11 heavy (non-hydrogen) atoms. The molecule has 0 saturated heterocycles. The standard InChI is InChI=1S/C9H8O2/c10-9-6-5-7-3-1-2-4-8(7)11-9/h1-6,9-10H. The van der Waals surface area contributed by atoms with Gasteiger partial charge in [-0.25, -0.2) is 0 Å². The summed E-state index contributed by atoms with van der Waals surface area (Å²) in [7, 11) is 0. The van der Waals surface area contributed by atoms with Crippen molar-refractivity contribution in [1.29, 1.82) is 0 Å². The summed E-state index contributed by atoms with van der Waals surface area (Å²) in [6.45, 7) is 0. The number of fused-ring (bicyclic) bond motifs is 1. The van der Waals surface area contributed by atoms with Crippen LogP contribution in [-0.2, 0) is 0 Å². The van der Waals surface area contributed by atoms with Crippen LogP contribution in [0.15, 0.2) is 30.3 Å². The minimum absolute atomic E-state index is 0.738. The van der Waals surface area contributed by atoms with E-state index < -0.39 is 6.29 Å². The monoisotopic (exact) mass is 148 g/mol. The highest BCUT2D eigenvalue weighted by Crippen LogP contribution is 2.24. The van der Waals surface area contributed by atoms with Crippen LogP contribution >= 0.6 is 0 Å². The zero-order valence-electron chi connectivity index (χ0n) is 5.90. The third-order valence-electron chi connectivity index (χ3n) is 1.61. The molecule has 0 aliphatic carbocycles. The maximum atomic E-state index is 9.05. The van der Waals surface area contributed by atoms with Gasteiger partial charge in [0.15, 0.2) is 0 Å². The van der Waals surface area contributed by atoms with Crippen molar-refractivity contribution in [2.75, 3.05) is 0 Å². The molecule has 1 aliphatic rings. The van der Waals surface area contributed by atoms with E-state index in [9.17, 15) is 0 Å². The van der Waals surface area contributed by atoms with Crippen LogP contribution in [-0.4, -0.2) is 11.4 Å². The molecule has 0 amide bonds. The number of hydrogen-bond donors (Lipinski definition) is 1. The Balaban J connectivity index is 2.46. The Morgan fingerprint density at radius 2 is 2.09 bits per heavy atom. The fourth-order valence-electron chi connectivity index (χ4n) is 1.08. The molecule has 0 aromatic heterocycles. The van der Waals surface area contributed by atoms with Crippen molar-refractivity contribution in [3.8, 4) is 5.75 Å². The number of rotatable bonds is 0. The van der Waals surface area contributed by atoms with E-state index in [0.717, 1.165) is 11.3 Å². The van der Waals surface area contributed by atoms with Gasteiger partial charge < -0.3 is 9.84 Å². The second-order valence-electron chi connectivity index (χ2n) is 2.41. The molecule has 1 aromatic carbocycles. The van der Waals surface area contributed by atoms with E-state index in [-0.39, 0.29) is 0 Å². The molecule has 2 heteroatoms. The van der Waals surface area contributed by atoms with Crippen LogP contribution in [0.2, 0.25) is 0 Å². The Kier molecular flexibility index (Phi) is 1.40. The third-order valence-corrected chi connectivity index (χ3v) is 1.61. The number of aliphatic hydroxyl groups is 1. The maximum absolute atomic E-state index is 9.05. The Labute approximate surface area is 64.7 Å². The van der Waals surface area contributed by atoms with Gasteiger partial charge in [-0.05, 0) is 18.2 Å². The van der Waals surface area contributed by atoms with E-state index in [2.05, 4.69) is 0 Å². The summed E-state index contributed by atoms with van der Waals surface area (Å²) in [5, 5.41) is 9.05. The van der Waals surface area contributed by atoms with Crippen molar-refractivity contribution in [3.05, 3.63) is 35.9 Å². The van der Waals surface area contributed by atoms with Crippen LogP contribution < -0.4 is 4.74 Å². The van der Waals surface area contributed by atoms with E-state index in [4.69, 9.17) is 9.84 Å². The lowest BCUT2D eigenvalue weighted by Crippen LogP contribution is -2.15. The second kappa shape index (κ2) is 2.40. The Hall–Kier alpha value is -1.28. The van der Waals surface area contributed by atoms with E-state index in [1.165, 1.54) is 0 Å². The number of aliphatic hydroxyl groups excluding tert-OH is 1. The molecule has 0 saturated carbocycles. The fraction of sp³-hybridized carbons (Fsp3) is 0.111. The van der Waals surface area contributed by atoms with E-state index >= 15 is 0 Å². The van der Waals surface area contributed by atoms with Crippen LogP contribution in [0.1, 0.15) is 5.56 Å². The van der Waals surface area contributed by atoms with E-state index in [0.29, 0.717) is 0 Å². The van der Waals surface area contributed by atoms with Gasteiger partial charge in [0.05, 0.1) is 0 Å². The summed E-state index contributed by atoms with van der Waals surface area (Å²) in [6.07, 6.45) is 2.68. The molecule has 1 atom stereocenters. The first-order chi connectivity index (χ1) is 5.36. The quantitative estimate of drug-likeness (QED) is 0.602. The van der Waals surface area contributed by atoms with Crippen molar-refractivity contribution in [2.24, 2.45) is 0 Å². The fourth-order valence-corrected chi connectivity index (χ4v) is 1.08. The molecule has 2 nitrogen and oxygen atoms in total. The van der Waals surface area contributed by atoms with Crippen molar-refractivity contribution in [1.82, 2.24) is 0 Å². The SMILES string of the molecule is OC1C=Cc2ccccc2O1.